The number of rotatable bonds is 3. The summed E-state index contributed by atoms with van der Waals surface area (Å²) in [6.07, 6.45) is 1.98. The molecule has 0 bridgehead atoms. The van der Waals surface area contributed by atoms with E-state index in [2.05, 4.69) is 26.2 Å². The van der Waals surface area contributed by atoms with Crippen molar-refractivity contribution < 1.29 is 4.79 Å². The minimum absolute atomic E-state index is 0. The van der Waals surface area contributed by atoms with Crippen molar-refractivity contribution in [3.05, 3.63) is 24.3 Å². The summed E-state index contributed by atoms with van der Waals surface area (Å²) in [7, 11) is 1.79. The lowest BCUT2D eigenvalue weighted by Crippen LogP contribution is -2.37. The van der Waals surface area contributed by atoms with Gasteiger partial charge in [-0.2, -0.15) is 0 Å². The number of piperidine rings is 1. The molecule has 0 radical (unpaired) electrons. The summed E-state index contributed by atoms with van der Waals surface area (Å²) in [4.78, 5) is 12.2. The van der Waals surface area contributed by atoms with Gasteiger partial charge in [0.15, 0.2) is 5.82 Å². The molecule has 1 unspecified atom stereocenters. The number of carbonyl (C=O) groups excluding carboxylic acids is 1. The van der Waals surface area contributed by atoms with Crippen molar-refractivity contribution >= 4 is 24.0 Å². The second-order valence-corrected chi connectivity index (χ2v) is 5.24. The zero-order valence-corrected chi connectivity index (χ0v) is 13.1. The Morgan fingerprint density at radius 1 is 1.45 bits per heavy atom. The van der Waals surface area contributed by atoms with Crippen LogP contribution in [0.15, 0.2) is 24.3 Å². The van der Waals surface area contributed by atoms with Crippen LogP contribution in [0, 0.1) is 5.92 Å². The fourth-order valence-corrected chi connectivity index (χ4v) is 2.53. The number of nitrogens with one attached hydrogen (secondary N) is 2. The monoisotopic (exact) mass is 322 g/mol. The molecule has 118 valence electrons. The molecule has 1 saturated heterocycles. The molecule has 2 aromatic rings. The number of aryl methyl sites for hydroxylation is 1. The van der Waals surface area contributed by atoms with Crippen LogP contribution in [0.1, 0.15) is 12.8 Å². The minimum Gasteiger partial charge on any atom is -0.326 e. The van der Waals surface area contributed by atoms with E-state index in [1.807, 2.05) is 24.3 Å². The highest BCUT2D eigenvalue weighted by Crippen LogP contribution is 2.20. The third-order valence-electron chi connectivity index (χ3n) is 3.68. The molecule has 0 saturated carbocycles. The molecule has 1 aromatic heterocycles. The van der Waals surface area contributed by atoms with Crippen molar-refractivity contribution in [1.29, 1.82) is 0 Å². The molecule has 1 aliphatic rings. The van der Waals surface area contributed by atoms with E-state index in [4.69, 9.17) is 0 Å². The number of nitrogens with zero attached hydrogens (tertiary/aromatic N) is 4. The summed E-state index contributed by atoms with van der Waals surface area (Å²) in [5.74, 6) is 0.778. The number of benzene rings is 1. The molecule has 0 spiro atoms. The Bertz CT molecular complexity index is 638. The van der Waals surface area contributed by atoms with E-state index >= 15 is 0 Å². The molecule has 2 N–H and O–H groups in total. The summed E-state index contributed by atoms with van der Waals surface area (Å²) in [5, 5.41) is 17.7. The lowest BCUT2D eigenvalue weighted by Gasteiger charge is -2.21. The molecule has 1 aliphatic heterocycles. The predicted molar refractivity (Wildman–Crippen MR) is 85.7 cm³/mol. The Morgan fingerprint density at radius 2 is 2.32 bits per heavy atom. The molecule has 22 heavy (non-hydrogen) atoms. The van der Waals surface area contributed by atoms with Crippen molar-refractivity contribution in [2.24, 2.45) is 13.0 Å². The molecule has 7 nitrogen and oxygen atoms in total. The van der Waals surface area contributed by atoms with E-state index in [9.17, 15) is 4.79 Å². The van der Waals surface area contributed by atoms with E-state index in [1.165, 1.54) is 0 Å². The molecule has 1 amide bonds. The second kappa shape index (κ2) is 7.33. The number of anilines is 1. The molecule has 1 fully saturated rings. The van der Waals surface area contributed by atoms with Crippen molar-refractivity contribution in [2.45, 2.75) is 12.8 Å². The van der Waals surface area contributed by atoms with Crippen LogP contribution in [-0.4, -0.2) is 39.2 Å². The Hall–Kier alpha value is -1.99. The first kappa shape index (κ1) is 16.4. The Kier molecular flexibility index (Phi) is 5.46. The van der Waals surface area contributed by atoms with Crippen LogP contribution in [0.4, 0.5) is 5.69 Å². The van der Waals surface area contributed by atoms with Crippen molar-refractivity contribution in [3.63, 3.8) is 0 Å². The lowest BCUT2D eigenvalue weighted by molar-refractivity contribution is -0.120. The fraction of sp³-hybridized carbons (Fsp3) is 0.429. The number of hydrogen-bond donors (Lipinski definition) is 2. The number of carbonyl (C=O) groups is 1. The molecule has 1 atom stereocenters. The molecule has 8 heteroatoms. The number of aromatic nitrogens is 4. The topological polar surface area (TPSA) is 84.7 Å². The summed E-state index contributed by atoms with van der Waals surface area (Å²) in [6.45, 7) is 1.75. The van der Waals surface area contributed by atoms with Gasteiger partial charge in [-0.1, -0.05) is 12.1 Å². The molecule has 3 rings (SSSR count). The fourth-order valence-electron chi connectivity index (χ4n) is 2.53. The smallest absolute Gasteiger partial charge is 0.228 e. The Labute approximate surface area is 134 Å². The van der Waals surface area contributed by atoms with Crippen LogP contribution in [-0.2, 0) is 11.8 Å². The molecular formula is C14H19ClN6O. The third-order valence-corrected chi connectivity index (χ3v) is 3.68. The first-order valence-corrected chi connectivity index (χ1v) is 7.08. The maximum absolute atomic E-state index is 12.2. The van der Waals surface area contributed by atoms with Crippen molar-refractivity contribution in [3.8, 4) is 11.4 Å². The van der Waals surface area contributed by atoms with Gasteiger partial charge in [0.1, 0.15) is 0 Å². The molecule has 2 heterocycles. The van der Waals surface area contributed by atoms with E-state index in [0.717, 1.165) is 37.2 Å². The summed E-state index contributed by atoms with van der Waals surface area (Å²) < 4.78 is 1.60. The van der Waals surface area contributed by atoms with Crippen molar-refractivity contribution in [1.82, 2.24) is 25.5 Å². The van der Waals surface area contributed by atoms with E-state index in [1.54, 1.807) is 11.7 Å². The highest BCUT2D eigenvalue weighted by Gasteiger charge is 2.21. The van der Waals surface area contributed by atoms with Crippen LogP contribution in [0.3, 0.4) is 0 Å². The SMILES string of the molecule is Cl.Cn1nnnc1-c1cccc(NC(=O)C2CCCNC2)c1. The van der Waals surface area contributed by atoms with Gasteiger partial charge in [-0.15, -0.1) is 17.5 Å². The van der Waals surface area contributed by atoms with Gasteiger partial charge in [-0.3, -0.25) is 4.79 Å². The molecule has 1 aromatic carbocycles. The van der Waals surface area contributed by atoms with Gasteiger partial charge in [0.25, 0.3) is 0 Å². The van der Waals surface area contributed by atoms with Gasteiger partial charge in [0.2, 0.25) is 5.91 Å². The van der Waals surface area contributed by atoms with Gasteiger partial charge in [-0.25, -0.2) is 4.68 Å². The van der Waals surface area contributed by atoms with Crippen LogP contribution in [0.2, 0.25) is 0 Å². The quantitative estimate of drug-likeness (QED) is 0.888. The minimum atomic E-state index is 0. The summed E-state index contributed by atoms with van der Waals surface area (Å²) >= 11 is 0. The normalized spacial score (nSPS) is 17.6. The van der Waals surface area contributed by atoms with Gasteiger partial charge >= 0.3 is 0 Å². The van der Waals surface area contributed by atoms with E-state index in [-0.39, 0.29) is 24.2 Å². The predicted octanol–water partition coefficient (Wildman–Crippen LogP) is 1.24. The van der Waals surface area contributed by atoms with Gasteiger partial charge in [-0.05, 0) is 41.9 Å². The Morgan fingerprint density at radius 3 is 3.00 bits per heavy atom. The summed E-state index contributed by atoms with van der Waals surface area (Å²) in [5.41, 5.74) is 1.65. The van der Waals surface area contributed by atoms with Crippen LogP contribution >= 0.6 is 12.4 Å². The largest absolute Gasteiger partial charge is 0.326 e. The van der Waals surface area contributed by atoms with Crippen LogP contribution in [0.25, 0.3) is 11.4 Å². The lowest BCUT2D eigenvalue weighted by atomic mass is 9.99. The van der Waals surface area contributed by atoms with Crippen LogP contribution < -0.4 is 10.6 Å². The maximum atomic E-state index is 12.2. The zero-order valence-electron chi connectivity index (χ0n) is 12.3. The second-order valence-electron chi connectivity index (χ2n) is 5.24. The first-order chi connectivity index (χ1) is 10.2. The number of amides is 1. The van der Waals surface area contributed by atoms with E-state index < -0.39 is 0 Å². The number of halogens is 1. The third kappa shape index (κ3) is 3.61. The maximum Gasteiger partial charge on any atom is 0.228 e. The first-order valence-electron chi connectivity index (χ1n) is 7.08. The van der Waals surface area contributed by atoms with Gasteiger partial charge < -0.3 is 10.6 Å². The number of tetrazole rings is 1. The zero-order chi connectivity index (χ0) is 14.7. The Balaban J connectivity index is 0.00000176. The van der Waals surface area contributed by atoms with Gasteiger partial charge in [0.05, 0.1) is 5.92 Å². The highest BCUT2D eigenvalue weighted by atomic mass is 35.5. The van der Waals surface area contributed by atoms with E-state index in [0.29, 0.717) is 5.82 Å². The number of hydrogen-bond acceptors (Lipinski definition) is 5. The molecular weight excluding hydrogens is 304 g/mol. The average molecular weight is 323 g/mol. The van der Waals surface area contributed by atoms with Crippen molar-refractivity contribution in [2.75, 3.05) is 18.4 Å². The summed E-state index contributed by atoms with van der Waals surface area (Å²) in [6, 6.07) is 7.57. The molecule has 0 aliphatic carbocycles. The van der Waals surface area contributed by atoms with Gasteiger partial charge in [0, 0.05) is 24.8 Å². The van der Waals surface area contributed by atoms with Crippen LogP contribution in [0.5, 0.6) is 0 Å². The highest BCUT2D eigenvalue weighted by molar-refractivity contribution is 5.93. The standard InChI is InChI=1S/C14H18N6O.ClH/c1-20-13(17-18-19-20)10-4-2-6-12(8-10)16-14(21)11-5-3-7-15-9-11;/h2,4,6,8,11,15H,3,5,7,9H2,1H3,(H,16,21);1H. The average Bonchev–Trinajstić information content (AvgIpc) is 2.94.